The van der Waals surface area contributed by atoms with Crippen LogP contribution in [0.4, 0.5) is 0 Å². The van der Waals surface area contributed by atoms with E-state index in [0.717, 1.165) is 16.9 Å². The first kappa shape index (κ1) is 22.5. The molecule has 0 aromatic heterocycles. The summed E-state index contributed by atoms with van der Waals surface area (Å²) in [7, 11) is 0. The molecule has 0 aliphatic heterocycles. The Bertz CT molecular complexity index is 838. The van der Waals surface area contributed by atoms with E-state index in [-0.39, 0.29) is 23.3 Å². The first-order valence-electron chi connectivity index (χ1n) is 10.1. The molecule has 5 nitrogen and oxygen atoms in total. The Morgan fingerprint density at radius 2 is 1.66 bits per heavy atom. The minimum atomic E-state index is -0.651. The van der Waals surface area contributed by atoms with Crippen molar-refractivity contribution in [3.63, 3.8) is 0 Å². The van der Waals surface area contributed by atoms with E-state index in [0.29, 0.717) is 12.2 Å². The van der Waals surface area contributed by atoms with Crippen LogP contribution in [0.15, 0.2) is 48.5 Å². The molecule has 0 aliphatic carbocycles. The number of amides is 2. The maximum atomic E-state index is 12.5. The van der Waals surface area contributed by atoms with Gasteiger partial charge in [0.1, 0.15) is 11.8 Å². The summed E-state index contributed by atoms with van der Waals surface area (Å²) >= 11 is 0. The average molecular weight is 397 g/mol. The van der Waals surface area contributed by atoms with Gasteiger partial charge in [0.15, 0.2) is 0 Å². The summed E-state index contributed by atoms with van der Waals surface area (Å²) in [6, 6.07) is 14.3. The van der Waals surface area contributed by atoms with Gasteiger partial charge in [-0.05, 0) is 61.6 Å². The number of carbonyl (C=O) groups is 2. The van der Waals surface area contributed by atoms with Gasteiger partial charge in [-0.25, -0.2) is 0 Å². The Hall–Kier alpha value is -2.82. The summed E-state index contributed by atoms with van der Waals surface area (Å²) in [4.78, 5) is 25.0. The van der Waals surface area contributed by atoms with Crippen LogP contribution in [0.25, 0.3) is 0 Å². The highest BCUT2D eigenvalue weighted by Gasteiger charge is 2.20. The summed E-state index contributed by atoms with van der Waals surface area (Å²) in [6.07, 6.45) is 0. The summed E-state index contributed by atoms with van der Waals surface area (Å²) in [5.74, 6) is 0.268. The van der Waals surface area contributed by atoms with Crippen LogP contribution in [0, 0.1) is 0 Å². The van der Waals surface area contributed by atoms with Crippen LogP contribution >= 0.6 is 0 Å². The monoisotopic (exact) mass is 396 g/mol. The number of hydrogen-bond donors (Lipinski definition) is 2. The molecule has 5 heteroatoms. The molecule has 2 N–H and O–H groups in total. The fraction of sp³-hybridized carbons (Fsp3) is 0.417. The number of carbonyl (C=O) groups excluding carboxylic acids is 2. The van der Waals surface area contributed by atoms with Gasteiger partial charge in [-0.1, -0.05) is 45.0 Å². The van der Waals surface area contributed by atoms with Crippen LogP contribution in [-0.2, 0) is 10.2 Å². The molecular formula is C24H32N2O3. The summed E-state index contributed by atoms with van der Waals surface area (Å²) in [6.45, 7) is 12.5. The van der Waals surface area contributed by atoms with E-state index >= 15 is 0 Å². The summed E-state index contributed by atoms with van der Waals surface area (Å²) < 4.78 is 5.51. The zero-order valence-corrected chi connectivity index (χ0v) is 18.2. The zero-order valence-electron chi connectivity index (χ0n) is 18.2. The molecule has 2 unspecified atom stereocenters. The van der Waals surface area contributed by atoms with Crippen molar-refractivity contribution in [2.24, 2.45) is 0 Å². The second-order valence-corrected chi connectivity index (χ2v) is 8.26. The lowest BCUT2D eigenvalue weighted by Gasteiger charge is -2.20. The van der Waals surface area contributed by atoms with Crippen LogP contribution in [0.5, 0.6) is 5.75 Å². The predicted molar refractivity (Wildman–Crippen MR) is 116 cm³/mol. The molecule has 0 radical (unpaired) electrons. The van der Waals surface area contributed by atoms with E-state index in [2.05, 4.69) is 31.4 Å². The molecule has 2 amide bonds. The van der Waals surface area contributed by atoms with Gasteiger partial charge in [-0.3, -0.25) is 9.59 Å². The molecule has 0 saturated carbocycles. The maximum Gasteiger partial charge on any atom is 0.251 e. The van der Waals surface area contributed by atoms with Crippen LogP contribution in [0.2, 0.25) is 0 Å². The molecule has 0 fully saturated rings. The van der Waals surface area contributed by atoms with Crippen LogP contribution in [0.1, 0.15) is 69.1 Å². The quantitative estimate of drug-likeness (QED) is 0.730. The minimum Gasteiger partial charge on any atom is -0.494 e. The molecule has 0 heterocycles. The molecule has 0 spiro atoms. The van der Waals surface area contributed by atoms with Crippen molar-refractivity contribution in [2.45, 2.75) is 59.0 Å². The van der Waals surface area contributed by atoms with Gasteiger partial charge in [-0.2, -0.15) is 0 Å². The third kappa shape index (κ3) is 6.34. The van der Waals surface area contributed by atoms with Gasteiger partial charge in [0.25, 0.3) is 5.91 Å². The average Bonchev–Trinajstić information content (AvgIpc) is 2.67. The Labute approximate surface area is 173 Å². The van der Waals surface area contributed by atoms with Crippen molar-refractivity contribution in [3.8, 4) is 5.75 Å². The van der Waals surface area contributed by atoms with Crippen molar-refractivity contribution >= 4 is 11.8 Å². The van der Waals surface area contributed by atoms with E-state index in [1.807, 2.05) is 50.2 Å². The van der Waals surface area contributed by atoms with Crippen molar-refractivity contribution in [2.75, 3.05) is 6.61 Å². The summed E-state index contributed by atoms with van der Waals surface area (Å²) in [5, 5.41) is 5.71. The number of benzene rings is 2. The van der Waals surface area contributed by atoms with E-state index in [4.69, 9.17) is 4.74 Å². The molecule has 2 aromatic rings. The second kappa shape index (κ2) is 9.59. The molecule has 2 rings (SSSR count). The van der Waals surface area contributed by atoms with E-state index < -0.39 is 6.04 Å². The first-order valence-corrected chi connectivity index (χ1v) is 10.1. The van der Waals surface area contributed by atoms with Crippen molar-refractivity contribution in [1.82, 2.24) is 10.6 Å². The van der Waals surface area contributed by atoms with Gasteiger partial charge in [0.2, 0.25) is 5.91 Å². The topological polar surface area (TPSA) is 67.4 Å². The first-order chi connectivity index (χ1) is 13.6. The largest absolute Gasteiger partial charge is 0.494 e. The van der Waals surface area contributed by atoms with Crippen LogP contribution in [0.3, 0.4) is 0 Å². The maximum absolute atomic E-state index is 12.5. The Balaban J connectivity index is 1.96. The third-order valence-corrected chi connectivity index (χ3v) is 4.78. The van der Waals surface area contributed by atoms with Crippen molar-refractivity contribution < 1.29 is 14.3 Å². The molecule has 2 aromatic carbocycles. The highest BCUT2D eigenvalue weighted by molar-refractivity contribution is 5.97. The lowest BCUT2D eigenvalue weighted by atomic mass is 9.86. The van der Waals surface area contributed by atoms with Crippen LogP contribution < -0.4 is 15.4 Å². The fourth-order valence-corrected chi connectivity index (χ4v) is 2.93. The SMILES string of the molecule is CCOc1cccc(C(C)NC(=O)C(C)NC(=O)c2ccc(C(C)(C)C)cc2)c1. The summed E-state index contributed by atoms with van der Waals surface area (Å²) in [5.41, 5.74) is 2.66. The lowest BCUT2D eigenvalue weighted by molar-refractivity contribution is -0.123. The lowest BCUT2D eigenvalue weighted by Crippen LogP contribution is -2.45. The molecule has 29 heavy (non-hydrogen) atoms. The van der Waals surface area contributed by atoms with Gasteiger partial charge in [0, 0.05) is 5.56 Å². The third-order valence-electron chi connectivity index (χ3n) is 4.78. The molecule has 0 aliphatic rings. The van der Waals surface area contributed by atoms with E-state index in [9.17, 15) is 9.59 Å². The van der Waals surface area contributed by atoms with Gasteiger partial charge >= 0.3 is 0 Å². The molecular weight excluding hydrogens is 364 g/mol. The Morgan fingerprint density at radius 1 is 1.00 bits per heavy atom. The number of ether oxygens (including phenoxy) is 1. The second-order valence-electron chi connectivity index (χ2n) is 8.26. The van der Waals surface area contributed by atoms with Gasteiger partial charge in [-0.15, -0.1) is 0 Å². The van der Waals surface area contributed by atoms with E-state index in [1.54, 1.807) is 19.1 Å². The number of nitrogens with one attached hydrogen (secondary N) is 2. The van der Waals surface area contributed by atoms with Crippen molar-refractivity contribution in [1.29, 1.82) is 0 Å². The fourth-order valence-electron chi connectivity index (χ4n) is 2.93. The van der Waals surface area contributed by atoms with E-state index in [1.165, 1.54) is 0 Å². The highest BCUT2D eigenvalue weighted by Crippen LogP contribution is 2.22. The minimum absolute atomic E-state index is 0.0256. The predicted octanol–water partition coefficient (Wildman–Crippen LogP) is 4.38. The smallest absolute Gasteiger partial charge is 0.251 e. The van der Waals surface area contributed by atoms with Crippen molar-refractivity contribution in [3.05, 3.63) is 65.2 Å². The van der Waals surface area contributed by atoms with Crippen LogP contribution in [-0.4, -0.2) is 24.5 Å². The van der Waals surface area contributed by atoms with Gasteiger partial charge in [0.05, 0.1) is 12.6 Å². The zero-order chi connectivity index (χ0) is 21.6. The highest BCUT2D eigenvalue weighted by atomic mass is 16.5. The standard InChI is InChI=1S/C24H32N2O3/c1-7-29-21-10-8-9-19(15-21)16(2)25-22(27)17(3)26-23(28)18-11-13-20(14-12-18)24(4,5)6/h8-17H,7H2,1-6H3,(H,25,27)(H,26,28). The molecule has 0 saturated heterocycles. The molecule has 156 valence electrons. The normalized spacial score (nSPS) is 13.3. The molecule has 0 bridgehead atoms. The number of hydrogen-bond acceptors (Lipinski definition) is 3. The van der Waals surface area contributed by atoms with Gasteiger partial charge < -0.3 is 15.4 Å². The number of rotatable bonds is 7. The Kier molecular flexibility index (Phi) is 7.43. The Morgan fingerprint density at radius 3 is 2.24 bits per heavy atom. The molecule has 2 atom stereocenters.